The number of aliphatic imine (C=N–C) groups is 1. The first-order valence-corrected chi connectivity index (χ1v) is 5.66. The number of alkyl halides is 7. The van der Waals surface area contributed by atoms with Crippen molar-refractivity contribution in [3.63, 3.8) is 0 Å². The van der Waals surface area contributed by atoms with Gasteiger partial charge in [0.25, 0.3) is 0 Å². The lowest BCUT2D eigenvalue weighted by atomic mass is 9.76. The summed E-state index contributed by atoms with van der Waals surface area (Å²) in [5.41, 5.74) is -1.29. The molecule has 3 rings (SSSR count). The van der Waals surface area contributed by atoms with Crippen molar-refractivity contribution >= 4 is 5.71 Å². The average molecular weight is 287 g/mol. The topological polar surface area (TPSA) is 12.4 Å². The third-order valence-electron chi connectivity index (χ3n) is 4.09. The van der Waals surface area contributed by atoms with Gasteiger partial charge in [-0.15, -0.1) is 0 Å². The van der Waals surface area contributed by atoms with Crippen molar-refractivity contribution in [3.8, 4) is 0 Å². The lowest BCUT2D eigenvalue weighted by Gasteiger charge is -2.41. The van der Waals surface area contributed by atoms with E-state index >= 15 is 0 Å². The maximum absolute atomic E-state index is 13.5. The molecule has 8 heteroatoms. The fourth-order valence-corrected chi connectivity index (χ4v) is 3.13. The van der Waals surface area contributed by atoms with Crippen LogP contribution in [0.5, 0.6) is 0 Å². The van der Waals surface area contributed by atoms with Gasteiger partial charge in [0.1, 0.15) is 0 Å². The van der Waals surface area contributed by atoms with Gasteiger partial charge in [-0.1, -0.05) is 12.2 Å². The van der Waals surface area contributed by atoms with Crippen molar-refractivity contribution < 1.29 is 30.7 Å². The van der Waals surface area contributed by atoms with E-state index in [0.717, 1.165) is 0 Å². The van der Waals surface area contributed by atoms with Crippen LogP contribution in [-0.4, -0.2) is 29.8 Å². The molecule has 0 amide bonds. The Morgan fingerprint density at radius 1 is 0.947 bits per heavy atom. The molecular formula is C11H8F7N. The van der Waals surface area contributed by atoms with Gasteiger partial charge >= 0.3 is 18.0 Å². The molecule has 0 aromatic heterocycles. The molecule has 106 valence electrons. The van der Waals surface area contributed by atoms with E-state index in [1.165, 1.54) is 0 Å². The van der Waals surface area contributed by atoms with Gasteiger partial charge in [-0.3, -0.25) is 4.99 Å². The zero-order valence-electron chi connectivity index (χ0n) is 9.26. The minimum absolute atomic E-state index is 0.103. The van der Waals surface area contributed by atoms with E-state index in [9.17, 15) is 30.7 Å². The molecule has 0 radical (unpaired) electrons. The highest BCUT2D eigenvalue weighted by Gasteiger charge is 2.77. The summed E-state index contributed by atoms with van der Waals surface area (Å²) in [6.07, 6.45) is -2.44. The molecule has 1 fully saturated rings. The van der Waals surface area contributed by atoms with Crippen LogP contribution in [-0.2, 0) is 0 Å². The van der Waals surface area contributed by atoms with Gasteiger partial charge in [0.05, 0.1) is 11.8 Å². The Labute approximate surface area is 103 Å². The van der Waals surface area contributed by atoms with Crippen molar-refractivity contribution in [1.29, 1.82) is 0 Å². The van der Waals surface area contributed by atoms with E-state index in [1.807, 2.05) is 0 Å². The zero-order chi connectivity index (χ0) is 14.2. The Balaban J connectivity index is 1.92. The SMILES string of the molecule is FC(F)(F)C(F)(F)C(F)(F)C1=NC2C3C=CC(C3)C12. The Morgan fingerprint density at radius 3 is 2.05 bits per heavy atom. The molecule has 0 saturated heterocycles. The smallest absolute Gasteiger partial charge is 0.283 e. The lowest BCUT2D eigenvalue weighted by molar-refractivity contribution is -0.337. The minimum atomic E-state index is -6.29. The largest absolute Gasteiger partial charge is 0.460 e. The van der Waals surface area contributed by atoms with Gasteiger partial charge in [0, 0.05) is 11.8 Å². The highest BCUT2D eigenvalue weighted by atomic mass is 19.4. The Bertz CT molecular complexity index is 476. The molecule has 3 aliphatic rings. The number of halogens is 7. The molecule has 19 heavy (non-hydrogen) atoms. The summed E-state index contributed by atoms with van der Waals surface area (Å²) < 4.78 is 89.0. The first kappa shape index (κ1) is 12.9. The van der Waals surface area contributed by atoms with Crippen molar-refractivity contribution in [2.45, 2.75) is 30.5 Å². The number of nitrogens with zero attached hydrogens (tertiary/aromatic N) is 1. The van der Waals surface area contributed by atoms with Gasteiger partial charge in [-0.25, -0.2) is 0 Å². The predicted molar refractivity (Wildman–Crippen MR) is 51.4 cm³/mol. The molecule has 0 spiro atoms. The number of rotatable bonds is 2. The molecule has 2 bridgehead atoms. The van der Waals surface area contributed by atoms with Crippen molar-refractivity contribution in [3.05, 3.63) is 12.2 Å². The van der Waals surface area contributed by atoms with Crippen LogP contribution in [0.4, 0.5) is 30.7 Å². The van der Waals surface area contributed by atoms with Crippen LogP contribution in [0, 0.1) is 17.8 Å². The van der Waals surface area contributed by atoms with Gasteiger partial charge in [-0.05, 0) is 12.3 Å². The molecule has 0 aromatic rings. The van der Waals surface area contributed by atoms with Crippen molar-refractivity contribution in [2.24, 2.45) is 22.7 Å². The third kappa shape index (κ3) is 1.40. The lowest BCUT2D eigenvalue weighted by Crippen LogP contribution is -2.62. The summed E-state index contributed by atoms with van der Waals surface area (Å²) in [5.74, 6) is -12.8. The summed E-state index contributed by atoms with van der Waals surface area (Å²) in [6, 6.07) is -0.556. The standard InChI is InChI=1S/C11H8F7N/c12-9(13,10(14,15)11(16,17)18)8-6-4-1-2-5(3-4)7(6)19-8/h1-2,4-7H,3H2. The molecule has 1 nitrogen and oxygen atoms in total. The summed E-state index contributed by atoms with van der Waals surface area (Å²) in [7, 11) is 0. The number of hydrogen-bond acceptors (Lipinski definition) is 1. The van der Waals surface area contributed by atoms with E-state index in [4.69, 9.17) is 0 Å². The monoisotopic (exact) mass is 287 g/mol. The van der Waals surface area contributed by atoms with Gasteiger partial charge < -0.3 is 0 Å². The average Bonchev–Trinajstić information content (AvgIpc) is 2.70. The Kier molecular flexibility index (Phi) is 2.26. The quantitative estimate of drug-likeness (QED) is 0.545. The number of hydrogen-bond donors (Lipinski definition) is 0. The van der Waals surface area contributed by atoms with Gasteiger partial charge in [0.15, 0.2) is 0 Å². The fourth-order valence-electron chi connectivity index (χ4n) is 3.13. The van der Waals surface area contributed by atoms with Crippen LogP contribution < -0.4 is 0 Å². The summed E-state index contributed by atoms with van der Waals surface area (Å²) in [6.45, 7) is 0. The second-order valence-electron chi connectivity index (χ2n) is 5.13. The van der Waals surface area contributed by atoms with E-state index in [-0.39, 0.29) is 5.92 Å². The Morgan fingerprint density at radius 2 is 1.53 bits per heavy atom. The molecule has 1 aliphatic heterocycles. The predicted octanol–water partition coefficient (Wildman–Crippen LogP) is 3.46. The van der Waals surface area contributed by atoms with Crippen molar-refractivity contribution in [2.75, 3.05) is 0 Å². The third-order valence-corrected chi connectivity index (χ3v) is 4.09. The van der Waals surface area contributed by atoms with Crippen LogP contribution in [0.25, 0.3) is 0 Å². The fraction of sp³-hybridized carbons (Fsp3) is 0.727. The molecule has 4 unspecified atom stereocenters. The van der Waals surface area contributed by atoms with Crippen LogP contribution in [0.15, 0.2) is 17.1 Å². The molecule has 0 aromatic carbocycles. The summed E-state index contributed by atoms with van der Waals surface area (Å²) in [4.78, 5) is 3.35. The molecular weight excluding hydrogens is 279 g/mol. The molecule has 0 N–H and O–H groups in total. The van der Waals surface area contributed by atoms with E-state index < -0.39 is 41.6 Å². The van der Waals surface area contributed by atoms with Crippen LogP contribution in [0.2, 0.25) is 0 Å². The van der Waals surface area contributed by atoms with E-state index in [2.05, 4.69) is 4.99 Å². The number of allylic oxidation sites excluding steroid dienone is 1. The maximum atomic E-state index is 13.5. The minimum Gasteiger partial charge on any atom is -0.283 e. The van der Waals surface area contributed by atoms with Crippen LogP contribution in [0.1, 0.15) is 6.42 Å². The summed E-state index contributed by atoms with van der Waals surface area (Å²) >= 11 is 0. The van der Waals surface area contributed by atoms with Gasteiger partial charge in [0.2, 0.25) is 0 Å². The maximum Gasteiger partial charge on any atom is 0.460 e. The van der Waals surface area contributed by atoms with Gasteiger partial charge in [-0.2, -0.15) is 30.7 Å². The molecule has 2 aliphatic carbocycles. The second-order valence-corrected chi connectivity index (χ2v) is 5.13. The first-order chi connectivity index (χ1) is 8.57. The first-order valence-electron chi connectivity index (χ1n) is 5.66. The highest BCUT2D eigenvalue weighted by molar-refractivity contribution is 6.00. The van der Waals surface area contributed by atoms with Crippen LogP contribution in [0.3, 0.4) is 0 Å². The highest BCUT2D eigenvalue weighted by Crippen LogP contribution is 2.57. The van der Waals surface area contributed by atoms with E-state index in [0.29, 0.717) is 6.42 Å². The second kappa shape index (κ2) is 3.32. The van der Waals surface area contributed by atoms with E-state index in [1.54, 1.807) is 12.2 Å². The number of fused-ring (bicyclic) bond motifs is 5. The zero-order valence-corrected chi connectivity index (χ0v) is 9.26. The Hall–Kier alpha value is -1.08. The van der Waals surface area contributed by atoms with Crippen LogP contribution >= 0.6 is 0 Å². The van der Waals surface area contributed by atoms with Crippen molar-refractivity contribution in [1.82, 2.24) is 0 Å². The molecule has 1 saturated carbocycles. The normalized spacial score (nSPS) is 37.1. The summed E-state index contributed by atoms with van der Waals surface area (Å²) in [5, 5.41) is 0. The molecule has 4 atom stereocenters. The molecule has 1 heterocycles.